The Morgan fingerprint density at radius 2 is 1.89 bits per heavy atom. The zero-order valence-electron chi connectivity index (χ0n) is 10.4. The van der Waals surface area contributed by atoms with Crippen LogP contribution in [0.1, 0.15) is 16.7 Å². The van der Waals surface area contributed by atoms with Crippen LogP contribution in [0.4, 0.5) is 0 Å². The zero-order valence-corrected chi connectivity index (χ0v) is 11.2. The first-order chi connectivity index (χ1) is 8.61. The molecule has 2 aromatic rings. The van der Waals surface area contributed by atoms with Crippen LogP contribution in [0.5, 0.6) is 11.5 Å². The van der Waals surface area contributed by atoms with Crippen LogP contribution < -0.4 is 4.74 Å². The Kier molecular flexibility index (Phi) is 3.90. The number of aryl methyl sites for hydroxylation is 1. The molecule has 0 saturated heterocycles. The summed E-state index contributed by atoms with van der Waals surface area (Å²) in [5, 5.41) is 9.90. The van der Waals surface area contributed by atoms with Crippen LogP contribution in [-0.4, -0.2) is 5.11 Å². The third-order valence-electron chi connectivity index (χ3n) is 2.97. The van der Waals surface area contributed by atoms with Gasteiger partial charge in [-0.25, -0.2) is 0 Å². The minimum absolute atomic E-state index is 0.0965. The molecule has 0 radical (unpaired) electrons. The summed E-state index contributed by atoms with van der Waals surface area (Å²) < 4.78 is 5.85. The lowest BCUT2D eigenvalue weighted by Gasteiger charge is -2.13. The summed E-state index contributed by atoms with van der Waals surface area (Å²) in [5.41, 5.74) is 2.95. The molecule has 2 aromatic carbocycles. The van der Waals surface area contributed by atoms with Crippen molar-refractivity contribution in [2.75, 3.05) is 0 Å². The molecule has 2 rings (SSSR count). The van der Waals surface area contributed by atoms with E-state index in [2.05, 4.69) is 0 Å². The molecule has 1 N–H and O–H groups in total. The molecule has 0 aliphatic rings. The van der Waals surface area contributed by atoms with Gasteiger partial charge >= 0.3 is 0 Å². The summed E-state index contributed by atoms with van der Waals surface area (Å²) in [4.78, 5) is 0. The molecule has 0 amide bonds. The Balaban J connectivity index is 2.37. The second-order valence-electron chi connectivity index (χ2n) is 4.21. The van der Waals surface area contributed by atoms with Gasteiger partial charge in [0.25, 0.3) is 0 Å². The van der Waals surface area contributed by atoms with Crippen molar-refractivity contribution in [3.63, 3.8) is 0 Å². The fourth-order valence-corrected chi connectivity index (χ4v) is 1.92. The van der Waals surface area contributed by atoms with Gasteiger partial charge in [-0.1, -0.05) is 23.7 Å². The SMILES string of the molecule is Cc1cccc(Oc2ccc(Cl)cc2CO)c1C. The lowest BCUT2D eigenvalue weighted by atomic mass is 10.1. The van der Waals surface area contributed by atoms with Gasteiger partial charge in [0.15, 0.2) is 0 Å². The predicted molar refractivity (Wildman–Crippen MR) is 73.4 cm³/mol. The maximum atomic E-state index is 9.31. The molecule has 2 nitrogen and oxygen atoms in total. The largest absolute Gasteiger partial charge is 0.457 e. The van der Waals surface area contributed by atoms with Gasteiger partial charge in [0.05, 0.1) is 6.61 Å². The van der Waals surface area contributed by atoms with Gasteiger partial charge in [-0.05, 0) is 49.2 Å². The van der Waals surface area contributed by atoms with E-state index in [9.17, 15) is 5.11 Å². The number of aliphatic hydroxyl groups is 1. The van der Waals surface area contributed by atoms with Gasteiger partial charge < -0.3 is 9.84 Å². The summed E-state index contributed by atoms with van der Waals surface area (Å²) in [5.74, 6) is 1.43. The average molecular weight is 263 g/mol. The van der Waals surface area contributed by atoms with Crippen molar-refractivity contribution in [2.24, 2.45) is 0 Å². The third-order valence-corrected chi connectivity index (χ3v) is 3.20. The topological polar surface area (TPSA) is 29.5 Å². The van der Waals surface area contributed by atoms with Crippen molar-refractivity contribution < 1.29 is 9.84 Å². The van der Waals surface area contributed by atoms with E-state index < -0.39 is 0 Å². The minimum atomic E-state index is -0.0965. The fraction of sp³-hybridized carbons (Fsp3) is 0.200. The van der Waals surface area contributed by atoms with Gasteiger partial charge in [0.1, 0.15) is 11.5 Å². The predicted octanol–water partition coefficient (Wildman–Crippen LogP) is 4.24. The Morgan fingerprint density at radius 3 is 2.61 bits per heavy atom. The molecule has 0 fully saturated rings. The Bertz CT molecular complexity index is 564. The number of rotatable bonds is 3. The second-order valence-corrected chi connectivity index (χ2v) is 4.65. The first-order valence-corrected chi connectivity index (χ1v) is 6.13. The van der Waals surface area contributed by atoms with Crippen LogP contribution in [-0.2, 0) is 6.61 Å². The van der Waals surface area contributed by atoms with Gasteiger partial charge in [0, 0.05) is 10.6 Å². The number of hydrogen-bond donors (Lipinski definition) is 1. The monoisotopic (exact) mass is 262 g/mol. The van der Waals surface area contributed by atoms with E-state index in [1.54, 1.807) is 18.2 Å². The third kappa shape index (κ3) is 2.66. The first kappa shape index (κ1) is 12.9. The number of hydrogen-bond acceptors (Lipinski definition) is 2. The van der Waals surface area contributed by atoms with Gasteiger partial charge in [-0.3, -0.25) is 0 Å². The molecule has 0 aliphatic heterocycles. The molecular formula is C15H15ClO2. The highest BCUT2D eigenvalue weighted by Gasteiger charge is 2.07. The highest BCUT2D eigenvalue weighted by atomic mass is 35.5. The van der Waals surface area contributed by atoms with Crippen molar-refractivity contribution >= 4 is 11.6 Å². The summed E-state index contributed by atoms with van der Waals surface area (Å²) >= 11 is 5.89. The van der Waals surface area contributed by atoms with Crippen molar-refractivity contribution in [1.82, 2.24) is 0 Å². The lowest BCUT2D eigenvalue weighted by molar-refractivity contribution is 0.276. The van der Waals surface area contributed by atoms with E-state index >= 15 is 0 Å². The summed E-state index contributed by atoms with van der Waals surface area (Å²) in [6.45, 7) is 3.96. The van der Waals surface area contributed by atoms with Crippen molar-refractivity contribution in [3.05, 3.63) is 58.1 Å². The molecule has 0 bridgehead atoms. The van der Waals surface area contributed by atoms with Crippen molar-refractivity contribution in [3.8, 4) is 11.5 Å². The molecule has 0 heterocycles. The minimum Gasteiger partial charge on any atom is -0.457 e. The van der Waals surface area contributed by atoms with Crippen molar-refractivity contribution in [2.45, 2.75) is 20.5 Å². The van der Waals surface area contributed by atoms with Crippen LogP contribution >= 0.6 is 11.6 Å². The van der Waals surface area contributed by atoms with Gasteiger partial charge in [0.2, 0.25) is 0 Å². The Morgan fingerprint density at radius 1 is 1.11 bits per heavy atom. The van der Waals surface area contributed by atoms with Crippen molar-refractivity contribution in [1.29, 1.82) is 0 Å². The average Bonchev–Trinajstić information content (AvgIpc) is 2.37. The summed E-state index contributed by atoms with van der Waals surface area (Å²) in [6.07, 6.45) is 0. The van der Waals surface area contributed by atoms with Crippen LogP contribution in [0.2, 0.25) is 5.02 Å². The van der Waals surface area contributed by atoms with E-state index in [1.807, 2.05) is 32.0 Å². The molecule has 0 unspecified atom stereocenters. The first-order valence-electron chi connectivity index (χ1n) is 5.75. The smallest absolute Gasteiger partial charge is 0.133 e. The van der Waals surface area contributed by atoms with Crippen LogP contribution in [0, 0.1) is 13.8 Å². The molecule has 0 aromatic heterocycles. The van der Waals surface area contributed by atoms with Gasteiger partial charge in [-0.15, -0.1) is 0 Å². The van der Waals surface area contributed by atoms with Gasteiger partial charge in [-0.2, -0.15) is 0 Å². The molecule has 94 valence electrons. The van der Waals surface area contributed by atoms with E-state index in [4.69, 9.17) is 16.3 Å². The fourth-order valence-electron chi connectivity index (χ4n) is 1.72. The molecular weight excluding hydrogens is 248 g/mol. The lowest BCUT2D eigenvalue weighted by Crippen LogP contribution is -1.94. The Hall–Kier alpha value is -1.51. The summed E-state index contributed by atoms with van der Waals surface area (Å²) in [7, 11) is 0. The maximum absolute atomic E-state index is 9.31. The zero-order chi connectivity index (χ0) is 13.1. The van der Waals surface area contributed by atoms with E-state index in [0.29, 0.717) is 16.3 Å². The maximum Gasteiger partial charge on any atom is 0.133 e. The molecule has 0 spiro atoms. The molecule has 0 atom stereocenters. The summed E-state index contributed by atoms with van der Waals surface area (Å²) in [6, 6.07) is 11.1. The van der Waals surface area contributed by atoms with Crippen LogP contribution in [0.3, 0.4) is 0 Å². The van der Waals surface area contributed by atoms with Crippen LogP contribution in [0.25, 0.3) is 0 Å². The normalized spacial score (nSPS) is 10.4. The van der Waals surface area contributed by atoms with E-state index in [1.165, 1.54) is 5.56 Å². The number of halogens is 1. The number of ether oxygens (including phenoxy) is 1. The highest BCUT2D eigenvalue weighted by Crippen LogP contribution is 2.30. The van der Waals surface area contributed by atoms with E-state index in [-0.39, 0.29) is 6.61 Å². The molecule has 0 saturated carbocycles. The second kappa shape index (κ2) is 5.42. The molecule has 3 heteroatoms. The molecule has 18 heavy (non-hydrogen) atoms. The Labute approximate surface area is 112 Å². The standard InChI is InChI=1S/C15H15ClO2/c1-10-4-3-5-14(11(10)2)18-15-7-6-13(16)8-12(15)9-17/h3-8,17H,9H2,1-2H3. The number of aliphatic hydroxyl groups excluding tert-OH is 1. The molecule has 0 aliphatic carbocycles. The van der Waals surface area contributed by atoms with E-state index in [0.717, 1.165) is 11.3 Å². The highest BCUT2D eigenvalue weighted by molar-refractivity contribution is 6.30. The van der Waals surface area contributed by atoms with Crippen LogP contribution in [0.15, 0.2) is 36.4 Å². The quantitative estimate of drug-likeness (QED) is 0.896. The number of benzene rings is 2.